The van der Waals surface area contributed by atoms with Crippen LogP contribution in [0.25, 0.3) is 0 Å². The number of ketones is 1. The van der Waals surface area contributed by atoms with E-state index < -0.39 is 23.7 Å². The van der Waals surface area contributed by atoms with E-state index in [1.165, 1.54) is 35.4 Å². The van der Waals surface area contributed by atoms with Gasteiger partial charge in [-0.15, -0.1) is 0 Å². The molecular formula is C24H25FN2O5. The van der Waals surface area contributed by atoms with Crippen molar-refractivity contribution in [2.24, 2.45) is 0 Å². The Bertz CT molecular complexity index is 1120. The fraction of sp³-hybridized carbons (Fsp3) is 0.292. The van der Waals surface area contributed by atoms with Gasteiger partial charge in [-0.3, -0.25) is 9.59 Å². The van der Waals surface area contributed by atoms with Gasteiger partial charge < -0.3 is 19.0 Å². The molecule has 7 nitrogen and oxygen atoms in total. The zero-order valence-corrected chi connectivity index (χ0v) is 18.4. The van der Waals surface area contributed by atoms with Crippen LogP contribution >= 0.6 is 0 Å². The number of nitrogens with zero attached hydrogens (tertiary/aromatic N) is 1. The number of amides is 1. The van der Waals surface area contributed by atoms with E-state index in [4.69, 9.17) is 9.15 Å². The Labute approximate surface area is 185 Å². The quantitative estimate of drug-likeness (QED) is 0.413. The maximum Gasteiger partial charge on any atom is 0.355 e. The minimum atomic E-state index is -0.888. The van der Waals surface area contributed by atoms with Gasteiger partial charge in [0.15, 0.2) is 5.78 Å². The smallest absolute Gasteiger partial charge is 0.355 e. The second-order valence-corrected chi connectivity index (χ2v) is 7.41. The fourth-order valence-corrected chi connectivity index (χ4v) is 3.59. The number of furan rings is 1. The molecule has 0 aliphatic rings. The number of rotatable bonds is 8. The van der Waals surface area contributed by atoms with Gasteiger partial charge in [0.2, 0.25) is 0 Å². The Morgan fingerprint density at radius 3 is 2.44 bits per heavy atom. The number of Topliss-reactive ketones (excluding diaryl/α,β-unsaturated/α-hetero) is 1. The summed E-state index contributed by atoms with van der Waals surface area (Å²) in [6.45, 7) is 6.92. The van der Waals surface area contributed by atoms with E-state index in [9.17, 15) is 18.8 Å². The van der Waals surface area contributed by atoms with Crippen molar-refractivity contribution in [3.63, 3.8) is 0 Å². The van der Waals surface area contributed by atoms with E-state index in [0.717, 1.165) is 0 Å². The first-order valence-corrected chi connectivity index (χ1v) is 10.2. The summed E-state index contributed by atoms with van der Waals surface area (Å²) in [6.07, 6.45) is 1.48. The van der Waals surface area contributed by atoms with Gasteiger partial charge in [0.05, 0.1) is 25.5 Å². The summed E-state index contributed by atoms with van der Waals surface area (Å²) in [5, 5.41) is 0. The normalized spacial score (nSPS) is 11.8. The maximum atomic E-state index is 13.5. The van der Waals surface area contributed by atoms with E-state index >= 15 is 0 Å². The number of aryl methyl sites for hydroxylation is 1. The predicted octanol–water partition coefficient (Wildman–Crippen LogP) is 4.45. The molecule has 0 aliphatic carbocycles. The molecule has 3 aromatic rings. The summed E-state index contributed by atoms with van der Waals surface area (Å²) < 4.78 is 23.8. The lowest BCUT2D eigenvalue weighted by atomic mass is 9.99. The third kappa shape index (κ3) is 4.64. The van der Waals surface area contributed by atoms with Gasteiger partial charge >= 0.3 is 5.97 Å². The Morgan fingerprint density at radius 2 is 1.84 bits per heavy atom. The number of benzene rings is 1. The monoisotopic (exact) mass is 440 g/mol. The molecule has 1 N–H and O–H groups in total. The number of aromatic amines is 1. The summed E-state index contributed by atoms with van der Waals surface area (Å²) in [6, 6.07) is 7.63. The van der Waals surface area contributed by atoms with Crippen LogP contribution in [-0.2, 0) is 11.3 Å². The van der Waals surface area contributed by atoms with Gasteiger partial charge in [-0.05, 0) is 69.7 Å². The van der Waals surface area contributed by atoms with Crippen LogP contribution < -0.4 is 0 Å². The number of ether oxygens (including phenoxy) is 1. The van der Waals surface area contributed by atoms with E-state index in [2.05, 4.69) is 4.98 Å². The number of aromatic nitrogens is 1. The minimum absolute atomic E-state index is 0.0450. The van der Waals surface area contributed by atoms with Crippen molar-refractivity contribution in [1.82, 2.24) is 9.88 Å². The minimum Gasteiger partial charge on any atom is -0.467 e. The van der Waals surface area contributed by atoms with E-state index in [1.54, 1.807) is 39.8 Å². The van der Waals surface area contributed by atoms with Crippen LogP contribution in [0.4, 0.5) is 4.39 Å². The molecule has 2 aromatic heterocycles. The Morgan fingerprint density at radius 1 is 1.16 bits per heavy atom. The average Bonchev–Trinajstić information content (AvgIpc) is 3.38. The van der Waals surface area contributed by atoms with Crippen LogP contribution in [0.5, 0.6) is 0 Å². The summed E-state index contributed by atoms with van der Waals surface area (Å²) in [7, 11) is 0. The van der Waals surface area contributed by atoms with Crippen LogP contribution in [0.1, 0.15) is 62.1 Å². The second kappa shape index (κ2) is 9.64. The van der Waals surface area contributed by atoms with Gasteiger partial charge in [-0.25, -0.2) is 9.18 Å². The molecule has 0 radical (unpaired) electrons. The molecule has 1 unspecified atom stereocenters. The number of hydrogen-bond donors (Lipinski definition) is 1. The third-order valence-corrected chi connectivity index (χ3v) is 5.27. The maximum absolute atomic E-state index is 13.5. The number of halogens is 1. The molecule has 3 rings (SSSR count). The number of esters is 1. The van der Waals surface area contributed by atoms with E-state index in [1.807, 2.05) is 0 Å². The van der Waals surface area contributed by atoms with Crippen molar-refractivity contribution < 1.29 is 27.9 Å². The Kier molecular flexibility index (Phi) is 6.92. The average molecular weight is 440 g/mol. The van der Waals surface area contributed by atoms with Gasteiger partial charge in [0.25, 0.3) is 5.91 Å². The van der Waals surface area contributed by atoms with Crippen LogP contribution in [-0.4, -0.2) is 40.2 Å². The highest BCUT2D eigenvalue weighted by Gasteiger charge is 2.32. The number of carbonyl (C=O) groups excluding carboxylic acids is 3. The molecule has 0 fully saturated rings. The zero-order chi connectivity index (χ0) is 23.4. The fourth-order valence-electron chi connectivity index (χ4n) is 3.59. The lowest BCUT2D eigenvalue weighted by Crippen LogP contribution is -2.43. The highest BCUT2D eigenvalue weighted by atomic mass is 19.1. The zero-order valence-electron chi connectivity index (χ0n) is 18.4. The Hall–Kier alpha value is -3.68. The molecule has 0 bridgehead atoms. The highest BCUT2D eigenvalue weighted by molar-refractivity contribution is 6.07. The molecule has 2 heterocycles. The molecule has 32 heavy (non-hydrogen) atoms. The molecule has 168 valence electrons. The first-order valence-electron chi connectivity index (χ1n) is 10.2. The Balaban J connectivity index is 1.96. The molecule has 0 spiro atoms. The molecule has 1 atom stereocenters. The molecular weight excluding hydrogens is 415 g/mol. The SMILES string of the molecule is CCOC(=O)c1[nH]c(C)c(C(=O)C(C)N(Cc2ccco2)C(=O)c2ccc(F)cc2)c1C. The third-order valence-electron chi connectivity index (χ3n) is 5.27. The summed E-state index contributed by atoms with van der Waals surface area (Å²) in [5.74, 6) is -1.30. The van der Waals surface area contributed by atoms with Gasteiger partial charge in [0.1, 0.15) is 17.3 Å². The lowest BCUT2D eigenvalue weighted by Gasteiger charge is -2.28. The van der Waals surface area contributed by atoms with Crippen molar-refractivity contribution in [3.8, 4) is 0 Å². The molecule has 0 aliphatic heterocycles. The van der Waals surface area contributed by atoms with Crippen molar-refractivity contribution in [2.75, 3.05) is 6.61 Å². The first-order chi connectivity index (χ1) is 15.2. The van der Waals surface area contributed by atoms with Crippen molar-refractivity contribution in [1.29, 1.82) is 0 Å². The number of nitrogens with one attached hydrogen (secondary N) is 1. The van der Waals surface area contributed by atoms with Crippen LogP contribution in [0.2, 0.25) is 0 Å². The van der Waals surface area contributed by atoms with Gasteiger partial charge in [-0.1, -0.05) is 0 Å². The second-order valence-electron chi connectivity index (χ2n) is 7.41. The van der Waals surface area contributed by atoms with E-state index in [0.29, 0.717) is 22.6 Å². The topological polar surface area (TPSA) is 92.6 Å². The van der Waals surface area contributed by atoms with Crippen LogP contribution in [0.3, 0.4) is 0 Å². The standard InChI is InChI=1S/C24H25FN2O5/c1-5-31-24(30)21-14(2)20(15(3)26-21)22(28)16(4)27(13-19-7-6-12-32-19)23(29)17-8-10-18(25)11-9-17/h6-12,16,26H,5,13H2,1-4H3. The molecule has 1 aromatic carbocycles. The van der Waals surface area contributed by atoms with Gasteiger partial charge in [-0.2, -0.15) is 0 Å². The summed E-state index contributed by atoms with van der Waals surface area (Å²) >= 11 is 0. The molecule has 0 saturated heterocycles. The van der Waals surface area contributed by atoms with Crippen molar-refractivity contribution in [3.05, 3.63) is 82.3 Å². The molecule has 8 heteroatoms. The lowest BCUT2D eigenvalue weighted by molar-refractivity contribution is 0.0518. The van der Waals surface area contributed by atoms with Crippen LogP contribution in [0, 0.1) is 19.7 Å². The largest absolute Gasteiger partial charge is 0.467 e. The number of carbonyl (C=O) groups is 3. The highest BCUT2D eigenvalue weighted by Crippen LogP contribution is 2.24. The van der Waals surface area contributed by atoms with Crippen molar-refractivity contribution >= 4 is 17.7 Å². The van der Waals surface area contributed by atoms with Crippen molar-refractivity contribution in [2.45, 2.75) is 40.3 Å². The molecule has 0 saturated carbocycles. The number of H-pyrrole nitrogens is 1. The van der Waals surface area contributed by atoms with Gasteiger partial charge in [0, 0.05) is 16.8 Å². The first kappa shape index (κ1) is 23.0. The number of hydrogen-bond acceptors (Lipinski definition) is 5. The summed E-state index contributed by atoms with van der Waals surface area (Å²) in [4.78, 5) is 43.2. The molecule has 1 amide bonds. The van der Waals surface area contributed by atoms with Crippen LogP contribution in [0.15, 0.2) is 47.1 Å². The summed E-state index contributed by atoms with van der Waals surface area (Å²) in [5.41, 5.74) is 1.76. The van der Waals surface area contributed by atoms with E-state index in [-0.39, 0.29) is 30.2 Å². The predicted molar refractivity (Wildman–Crippen MR) is 115 cm³/mol.